The molecule has 1 fully saturated rings. The Morgan fingerprint density at radius 1 is 1.00 bits per heavy atom. The van der Waals surface area contributed by atoms with Gasteiger partial charge in [-0.05, 0) is 43.2 Å². The van der Waals surface area contributed by atoms with Crippen molar-refractivity contribution in [3.63, 3.8) is 0 Å². The van der Waals surface area contributed by atoms with Gasteiger partial charge in [0.05, 0.1) is 10.5 Å². The minimum Gasteiger partial charge on any atom is -0.328 e. The fourth-order valence-corrected chi connectivity index (χ4v) is 5.20. The highest BCUT2D eigenvalue weighted by Gasteiger charge is 2.26. The number of aromatic nitrogens is 3. The Balaban J connectivity index is 1.95. The highest BCUT2D eigenvalue weighted by Crippen LogP contribution is 2.34. The van der Waals surface area contributed by atoms with Gasteiger partial charge >= 0.3 is 0 Å². The van der Waals surface area contributed by atoms with Crippen LogP contribution < -0.4 is 11.0 Å². The lowest BCUT2D eigenvalue weighted by Gasteiger charge is -2.27. The number of halogens is 2. The maximum Gasteiger partial charge on any atom is 0.267 e. The molecule has 2 aromatic carbocycles. The van der Waals surface area contributed by atoms with Crippen molar-refractivity contribution in [2.75, 3.05) is 0 Å². The Bertz CT molecular complexity index is 1450. The second-order valence-electron chi connectivity index (χ2n) is 8.13. The average Bonchev–Trinajstić information content (AvgIpc) is 2.77. The van der Waals surface area contributed by atoms with Crippen molar-refractivity contribution in [1.82, 2.24) is 14.1 Å². The van der Waals surface area contributed by atoms with Gasteiger partial charge in [-0.3, -0.25) is 14.2 Å². The van der Waals surface area contributed by atoms with Crippen LogP contribution >= 0.6 is 23.2 Å². The van der Waals surface area contributed by atoms with Crippen LogP contribution in [-0.2, 0) is 7.05 Å². The number of hydrogen-bond donors (Lipinski definition) is 0. The SMILES string of the molecule is Cn1c2ccccc2c(=O)c2c(=O)n(C3CCCCC3)c(-c3ccc(Cl)cc3Cl)nc21. The van der Waals surface area contributed by atoms with Crippen molar-refractivity contribution >= 4 is 45.1 Å². The van der Waals surface area contributed by atoms with Crippen LogP contribution in [0.2, 0.25) is 10.0 Å². The van der Waals surface area contributed by atoms with Crippen LogP contribution in [0.5, 0.6) is 0 Å². The summed E-state index contributed by atoms with van der Waals surface area (Å²) in [6.45, 7) is 0. The van der Waals surface area contributed by atoms with E-state index in [0.717, 1.165) is 37.6 Å². The van der Waals surface area contributed by atoms with E-state index in [2.05, 4.69) is 0 Å². The third-order valence-corrected chi connectivity index (χ3v) is 6.81. The first kappa shape index (κ1) is 20.3. The van der Waals surface area contributed by atoms with Crippen LogP contribution in [-0.4, -0.2) is 14.1 Å². The minimum atomic E-state index is -0.302. The topological polar surface area (TPSA) is 56.9 Å². The standard InChI is InChI=1S/C24H21Cl2N3O2/c1-28-19-10-6-5-9-17(19)21(30)20-23(28)27-22(16-12-11-14(25)13-18(16)26)29(24(20)31)15-7-3-2-4-8-15/h5-6,9-13,15H,2-4,7-8H2,1H3. The molecule has 4 aromatic rings. The summed E-state index contributed by atoms with van der Waals surface area (Å²) < 4.78 is 3.51. The van der Waals surface area contributed by atoms with E-state index in [1.807, 2.05) is 29.8 Å². The van der Waals surface area contributed by atoms with Gasteiger partial charge < -0.3 is 4.57 Å². The van der Waals surface area contributed by atoms with E-state index < -0.39 is 0 Å². The number of hydrogen-bond acceptors (Lipinski definition) is 3. The molecule has 0 saturated heterocycles. The van der Waals surface area contributed by atoms with Crippen molar-refractivity contribution in [3.8, 4) is 11.4 Å². The van der Waals surface area contributed by atoms with Gasteiger partial charge in [0.2, 0.25) is 5.43 Å². The molecule has 2 heterocycles. The molecule has 158 valence electrons. The molecule has 0 bridgehead atoms. The predicted octanol–water partition coefficient (Wildman–Crippen LogP) is 5.73. The van der Waals surface area contributed by atoms with Gasteiger partial charge in [-0.1, -0.05) is 54.6 Å². The van der Waals surface area contributed by atoms with Gasteiger partial charge in [-0.15, -0.1) is 0 Å². The van der Waals surface area contributed by atoms with E-state index in [1.165, 1.54) is 0 Å². The summed E-state index contributed by atoms with van der Waals surface area (Å²) >= 11 is 12.6. The van der Waals surface area contributed by atoms with Gasteiger partial charge in [-0.25, -0.2) is 4.98 Å². The molecule has 5 rings (SSSR count). The fraction of sp³-hybridized carbons (Fsp3) is 0.292. The first-order valence-corrected chi connectivity index (χ1v) is 11.2. The van der Waals surface area contributed by atoms with Crippen LogP contribution in [0.15, 0.2) is 52.1 Å². The van der Waals surface area contributed by atoms with Crippen molar-refractivity contribution in [2.24, 2.45) is 7.05 Å². The predicted molar refractivity (Wildman–Crippen MR) is 126 cm³/mol. The van der Waals surface area contributed by atoms with E-state index in [1.54, 1.807) is 28.8 Å². The average molecular weight is 454 g/mol. The zero-order valence-corrected chi connectivity index (χ0v) is 18.6. The molecule has 0 unspecified atom stereocenters. The van der Waals surface area contributed by atoms with E-state index in [9.17, 15) is 9.59 Å². The molecule has 0 N–H and O–H groups in total. The highest BCUT2D eigenvalue weighted by atomic mass is 35.5. The molecule has 0 radical (unpaired) electrons. The number of para-hydroxylation sites is 1. The highest BCUT2D eigenvalue weighted by molar-refractivity contribution is 6.36. The second kappa shape index (κ2) is 7.81. The normalized spacial score (nSPS) is 15.1. The quantitative estimate of drug-likeness (QED) is 0.364. The van der Waals surface area contributed by atoms with Crippen LogP contribution in [0.3, 0.4) is 0 Å². The maximum atomic E-state index is 13.9. The van der Waals surface area contributed by atoms with Gasteiger partial charge in [0.1, 0.15) is 11.2 Å². The Hall–Kier alpha value is -2.63. The lowest BCUT2D eigenvalue weighted by Crippen LogP contribution is -2.32. The summed E-state index contributed by atoms with van der Waals surface area (Å²) in [7, 11) is 1.83. The molecule has 0 atom stereocenters. The summed E-state index contributed by atoms with van der Waals surface area (Å²) in [6, 6.07) is 12.5. The number of nitrogens with zero attached hydrogens (tertiary/aromatic N) is 3. The van der Waals surface area contributed by atoms with Gasteiger partial charge in [0, 0.05) is 29.1 Å². The number of fused-ring (bicyclic) bond motifs is 2. The largest absolute Gasteiger partial charge is 0.328 e. The van der Waals surface area contributed by atoms with Crippen molar-refractivity contribution in [2.45, 2.75) is 38.1 Å². The Kier molecular flexibility index (Phi) is 5.11. The Morgan fingerprint density at radius 3 is 2.48 bits per heavy atom. The molecule has 1 aliphatic rings. The molecule has 1 saturated carbocycles. The first-order chi connectivity index (χ1) is 15.0. The third-order valence-electron chi connectivity index (χ3n) is 6.26. The van der Waals surface area contributed by atoms with E-state index in [-0.39, 0.29) is 22.4 Å². The molecular weight excluding hydrogens is 433 g/mol. The summed E-state index contributed by atoms with van der Waals surface area (Å²) in [5, 5.41) is 1.58. The number of pyridine rings is 1. The number of rotatable bonds is 2. The molecule has 2 aromatic heterocycles. The number of aryl methyl sites for hydroxylation is 1. The van der Waals surface area contributed by atoms with Crippen LogP contribution in [0.1, 0.15) is 38.1 Å². The fourth-order valence-electron chi connectivity index (χ4n) is 4.71. The Morgan fingerprint density at radius 2 is 1.74 bits per heavy atom. The molecule has 0 aliphatic heterocycles. The summed E-state index contributed by atoms with van der Waals surface area (Å²) in [5.41, 5.74) is 1.15. The monoisotopic (exact) mass is 453 g/mol. The summed E-state index contributed by atoms with van der Waals surface area (Å²) in [5.74, 6) is 0.483. The van der Waals surface area contributed by atoms with Crippen LogP contribution in [0.25, 0.3) is 33.3 Å². The first-order valence-electron chi connectivity index (χ1n) is 10.5. The molecule has 0 amide bonds. The van der Waals surface area contributed by atoms with Crippen LogP contribution in [0.4, 0.5) is 0 Å². The number of benzene rings is 2. The summed E-state index contributed by atoms with van der Waals surface area (Å²) in [4.78, 5) is 32.1. The molecule has 0 spiro atoms. The van der Waals surface area contributed by atoms with Crippen molar-refractivity contribution in [1.29, 1.82) is 0 Å². The summed E-state index contributed by atoms with van der Waals surface area (Å²) in [6.07, 6.45) is 4.98. The lowest BCUT2D eigenvalue weighted by atomic mass is 9.94. The molecule has 1 aliphatic carbocycles. The third kappa shape index (κ3) is 3.27. The zero-order valence-electron chi connectivity index (χ0n) is 17.1. The zero-order chi connectivity index (χ0) is 21.7. The van der Waals surface area contributed by atoms with Gasteiger partial charge in [0.25, 0.3) is 5.56 Å². The Labute approximate surface area is 188 Å². The van der Waals surface area contributed by atoms with Gasteiger partial charge in [-0.2, -0.15) is 0 Å². The molecule has 31 heavy (non-hydrogen) atoms. The van der Waals surface area contributed by atoms with Crippen LogP contribution in [0, 0.1) is 0 Å². The smallest absolute Gasteiger partial charge is 0.267 e. The molecule has 5 nitrogen and oxygen atoms in total. The lowest BCUT2D eigenvalue weighted by molar-refractivity contribution is 0.348. The second-order valence-corrected chi connectivity index (χ2v) is 8.97. The van der Waals surface area contributed by atoms with Crippen molar-refractivity contribution in [3.05, 3.63) is 73.1 Å². The molecule has 7 heteroatoms. The van der Waals surface area contributed by atoms with E-state index in [0.29, 0.717) is 32.5 Å². The maximum absolute atomic E-state index is 13.9. The van der Waals surface area contributed by atoms with E-state index >= 15 is 0 Å². The van der Waals surface area contributed by atoms with Gasteiger partial charge in [0.15, 0.2) is 5.65 Å². The minimum absolute atomic E-state index is 0.0175. The molecular formula is C24H21Cl2N3O2. The van der Waals surface area contributed by atoms with E-state index in [4.69, 9.17) is 28.2 Å². The van der Waals surface area contributed by atoms with Crippen molar-refractivity contribution < 1.29 is 0 Å².